The molecule has 0 amide bonds. The topological polar surface area (TPSA) is 138 Å². The Labute approximate surface area is 263 Å². The minimum Gasteiger partial charge on any atom is -0.473 e. The van der Waals surface area contributed by atoms with E-state index in [2.05, 4.69) is 35.0 Å². The molecule has 1 spiro atoms. The van der Waals surface area contributed by atoms with E-state index in [1.54, 1.807) is 11.3 Å². The van der Waals surface area contributed by atoms with Gasteiger partial charge in [0.2, 0.25) is 5.88 Å². The summed E-state index contributed by atoms with van der Waals surface area (Å²) in [6.07, 6.45) is 10.4. The van der Waals surface area contributed by atoms with E-state index in [9.17, 15) is 10.4 Å². The molecule has 234 valence electrons. The van der Waals surface area contributed by atoms with Gasteiger partial charge >= 0.3 is 0 Å². The van der Waals surface area contributed by atoms with E-state index in [4.69, 9.17) is 25.0 Å². The molecule has 4 aliphatic rings. The summed E-state index contributed by atoms with van der Waals surface area (Å²) in [4.78, 5) is 15.7. The van der Waals surface area contributed by atoms with Crippen molar-refractivity contribution in [2.75, 3.05) is 37.3 Å². The van der Waals surface area contributed by atoms with Crippen LogP contribution in [0.4, 0.5) is 10.8 Å². The van der Waals surface area contributed by atoms with Gasteiger partial charge in [0.05, 0.1) is 16.6 Å². The number of piperidine rings is 1. The van der Waals surface area contributed by atoms with E-state index in [0.29, 0.717) is 40.5 Å². The van der Waals surface area contributed by atoms with Crippen molar-refractivity contribution in [2.24, 2.45) is 0 Å². The van der Waals surface area contributed by atoms with E-state index in [-0.39, 0.29) is 6.10 Å². The lowest BCUT2D eigenvalue weighted by molar-refractivity contribution is 0.0446. The quantitative estimate of drug-likeness (QED) is 0.393. The number of nitriles is 1. The molecule has 0 saturated carbocycles. The summed E-state index contributed by atoms with van der Waals surface area (Å²) in [5, 5.41) is 26.3. The first-order valence-electron chi connectivity index (χ1n) is 16.2. The SMILES string of the molecule is CC(Oc1cc(N2CCCC(C)(O)C2)nc(-c2noc3c2CCCCC32CCCc3sc(N)c(C#N)c32)n1)C1CCCN1C. The van der Waals surface area contributed by atoms with Crippen LogP contribution in [0.1, 0.15) is 99.0 Å². The summed E-state index contributed by atoms with van der Waals surface area (Å²) in [7, 11) is 2.15. The molecule has 4 unspecified atom stereocenters. The van der Waals surface area contributed by atoms with Crippen molar-refractivity contribution >= 4 is 22.2 Å². The van der Waals surface area contributed by atoms with Crippen molar-refractivity contribution < 1.29 is 14.4 Å². The van der Waals surface area contributed by atoms with Crippen LogP contribution in [-0.4, -0.2) is 69.6 Å². The number of rotatable bonds is 5. The van der Waals surface area contributed by atoms with Gasteiger partial charge in [0.1, 0.15) is 23.0 Å². The van der Waals surface area contributed by atoms with Gasteiger partial charge in [-0.2, -0.15) is 10.2 Å². The number of thiophene rings is 1. The molecule has 0 aromatic carbocycles. The standard InChI is InChI=1S/C33H43N7O3S/c1-20(23-10-7-15-39(23)3)42-26-17-25(40-16-8-12-32(2,41)19-40)36-31(37-26)28-21-9-4-5-13-33(29(21)43-38-28)14-6-11-24-27(33)22(18-34)30(35)44-24/h17,20,23,41H,4-16,19,35H2,1-3H3. The highest BCUT2D eigenvalue weighted by molar-refractivity contribution is 7.16. The Morgan fingerprint density at radius 3 is 2.77 bits per heavy atom. The molecule has 3 N–H and O–H groups in total. The Bertz CT molecular complexity index is 1590. The van der Waals surface area contributed by atoms with Crippen molar-refractivity contribution in [1.82, 2.24) is 20.0 Å². The fourth-order valence-electron chi connectivity index (χ4n) is 8.33. The molecule has 44 heavy (non-hydrogen) atoms. The number of hydrogen-bond acceptors (Lipinski definition) is 11. The van der Waals surface area contributed by atoms with Crippen LogP contribution in [0.5, 0.6) is 5.88 Å². The van der Waals surface area contributed by atoms with Crippen molar-refractivity contribution in [2.45, 2.75) is 108 Å². The largest absolute Gasteiger partial charge is 0.473 e. The van der Waals surface area contributed by atoms with Gasteiger partial charge in [0.15, 0.2) is 17.3 Å². The zero-order valence-electron chi connectivity index (χ0n) is 26.1. The summed E-state index contributed by atoms with van der Waals surface area (Å²) < 4.78 is 12.9. The van der Waals surface area contributed by atoms with Crippen LogP contribution in [0.25, 0.3) is 11.5 Å². The summed E-state index contributed by atoms with van der Waals surface area (Å²) >= 11 is 1.55. The van der Waals surface area contributed by atoms with Gasteiger partial charge in [-0.25, -0.2) is 4.98 Å². The fraction of sp³-hybridized carbons (Fsp3) is 0.636. The van der Waals surface area contributed by atoms with Crippen molar-refractivity contribution in [3.8, 4) is 23.5 Å². The van der Waals surface area contributed by atoms with Crippen molar-refractivity contribution in [3.05, 3.63) is 33.4 Å². The number of anilines is 2. The molecule has 7 rings (SSSR count). The molecule has 0 bridgehead atoms. The molecule has 3 aromatic rings. The lowest BCUT2D eigenvalue weighted by atomic mass is 9.66. The molecule has 11 heteroatoms. The molecular formula is C33H43N7O3S. The van der Waals surface area contributed by atoms with Gasteiger partial charge < -0.3 is 25.0 Å². The Kier molecular flexibility index (Phi) is 7.58. The Balaban J connectivity index is 1.33. The first-order valence-corrected chi connectivity index (χ1v) is 17.1. The van der Waals surface area contributed by atoms with E-state index >= 15 is 0 Å². The minimum absolute atomic E-state index is 0.0469. The van der Waals surface area contributed by atoms with Crippen LogP contribution in [0.2, 0.25) is 0 Å². The van der Waals surface area contributed by atoms with E-state index in [1.807, 2.05) is 13.0 Å². The number of likely N-dealkylation sites (tertiary alicyclic amines) is 1. The summed E-state index contributed by atoms with van der Waals surface area (Å²) in [5.41, 5.74) is 8.51. The van der Waals surface area contributed by atoms with Gasteiger partial charge in [-0.3, -0.25) is 4.90 Å². The maximum absolute atomic E-state index is 10.9. The molecule has 2 aliphatic carbocycles. The van der Waals surface area contributed by atoms with Crippen LogP contribution >= 0.6 is 11.3 Å². The lowest BCUT2D eigenvalue weighted by Gasteiger charge is -2.37. The van der Waals surface area contributed by atoms with Crippen molar-refractivity contribution in [1.29, 1.82) is 5.26 Å². The number of aromatic nitrogens is 3. The maximum Gasteiger partial charge on any atom is 0.219 e. The van der Waals surface area contributed by atoms with Crippen LogP contribution < -0.4 is 15.4 Å². The summed E-state index contributed by atoms with van der Waals surface area (Å²) in [5.74, 6) is 2.58. The normalized spacial score (nSPS) is 27.9. The molecule has 2 fully saturated rings. The van der Waals surface area contributed by atoms with Crippen LogP contribution in [0.3, 0.4) is 0 Å². The van der Waals surface area contributed by atoms with Crippen molar-refractivity contribution in [3.63, 3.8) is 0 Å². The van der Waals surface area contributed by atoms with Gasteiger partial charge in [0, 0.05) is 35.6 Å². The van der Waals surface area contributed by atoms with Crippen LogP contribution in [0, 0.1) is 11.3 Å². The van der Waals surface area contributed by atoms with Gasteiger partial charge in [-0.1, -0.05) is 11.6 Å². The predicted molar refractivity (Wildman–Crippen MR) is 170 cm³/mol. The Hall–Kier alpha value is -3.20. The lowest BCUT2D eigenvalue weighted by Crippen LogP contribution is -2.46. The highest BCUT2D eigenvalue weighted by Gasteiger charge is 2.48. The monoisotopic (exact) mass is 617 g/mol. The highest BCUT2D eigenvalue weighted by Crippen LogP contribution is 2.54. The van der Waals surface area contributed by atoms with Gasteiger partial charge in [-0.05, 0) is 97.2 Å². The number of ether oxygens (including phenoxy) is 1. The number of nitrogen functional groups attached to an aromatic ring is 1. The van der Waals surface area contributed by atoms with Gasteiger partial charge in [-0.15, -0.1) is 11.3 Å². The van der Waals surface area contributed by atoms with E-state index in [0.717, 1.165) is 106 Å². The maximum atomic E-state index is 10.9. The molecule has 2 aliphatic heterocycles. The number of aliphatic hydroxyl groups is 1. The third-order valence-corrected chi connectivity index (χ3v) is 11.5. The average molecular weight is 618 g/mol. The zero-order chi connectivity index (χ0) is 30.6. The predicted octanol–water partition coefficient (Wildman–Crippen LogP) is 5.21. The van der Waals surface area contributed by atoms with Crippen LogP contribution in [0.15, 0.2) is 10.6 Å². The number of fused-ring (bicyclic) bond motifs is 4. The van der Waals surface area contributed by atoms with Crippen LogP contribution in [-0.2, 0) is 18.3 Å². The molecule has 10 nitrogen and oxygen atoms in total. The number of hydrogen-bond donors (Lipinski definition) is 2. The van der Waals surface area contributed by atoms with E-state index in [1.165, 1.54) is 4.88 Å². The fourth-order valence-corrected chi connectivity index (χ4v) is 9.49. The number of nitrogens with two attached hydrogens (primary N) is 1. The number of β-amino-alcohol motifs (C(OH)–C–C–N with tert-alkyl or cyclic N) is 1. The second-order valence-electron chi connectivity index (χ2n) is 13.7. The molecule has 3 aromatic heterocycles. The average Bonchev–Trinajstić information content (AvgIpc) is 3.68. The molecular weight excluding hydrogens is 574 g/mol. The third-order valence-electron chi connectivity index (χ3n) is 10.4. The molecule has 2 saturated heterocycles. The van der Waals surface area contributed by atoms with Gasteiger partial charge in [0.25, 0.3) is 0 Å². The molecule has 0 radical (unpaired) electrons. The third kappa shape index (κ3) is 5.05. The summed E-state index contributed by atoms with van der Waals surface area (Å²) in [6, 6.07) is 4.66. The van der Waals surface area contributed by atoms with E-state index < -0.39 is 11.0 Å². The Morgan fingerprint density at radius 2 is 2.00 bits per heavy atom. The first kappa shape index (κ1) is 29.5. The highest BCUT2D eigenvalue weighted by atomic mass is 32.1. The smallest absolute Gasteiger partial charge is 0.219 e. The summed E-state index contributed by atoms with van der Waals surface area (Å²) in [6.45, 7) is 6.36. The molecule has 4 atom stereocenters. The second-order valence-corrected chi connectivity index (χ2v) is 14.8. The minimum atomic E-state index is -0.791. The Morgan fingerprint density at radius 1 is 1.16 bits per heavy atom. The first-order chi connectivity index (χ1) is 21.2. The second kappa shape index (κ2) is 11.3. The number of nitrogens with zero attached hydrogens (tertiary/aromatic N) is 6. The molecule has 5 heterocycles. The number of aryl methyl sites for hydroxylation is 1. The number of likely N-dealkylation sites (N-methyl/N-ethyl adjacent to an activating group) is 1. The zero-order valence-corrected chi connectivity index (χ0v) is 26.9.